The molecule has 4 heterocycles. The van der Waals surface area contributed by atoms with E-state index in [0.29, 0.717) is 28.9 Å². The van der Waals surface area contributed by atoms with Crippen LogP contribution in [0.25, 0.3) is 100 Å². The predicted molar refractivity (Wildman–Crippen MR) is 255 cm³/mol. The molecule has 62 heavy (non-hydrogen) atoms. The third-order valence-corrected chi connectivity index (χ3v) is 11.4. The lowest BCUT2D eigenvalue weighted by atomic mass is 9.92. The summed E-state index contributed by atoms with van der Waals surface area (Å²) in [5.41, 5.74) is 12.7. The van der Waals surface area contributed by atoms with E-state index in [1.807, 2.05) is 18.2 Å². The van der Waals surface area contributed by atoms with E-state index in [1.54, 1.807) is 12.3 Å². The van der Waals surface area contributed by atoms with E-state index < -0.39 is 0 Å². The fourth-order valence-electron chi connectivity index (χ4n) is 8.75. The van der Waals surface area contributed by atoms with Crippen molar-refractivity contribution in [3.8, 4) is 56.5 Å². The summed E-state index contributed by atoms with van der Waals surface area (Å²) in [7, 11) is 0. The average Bonchev–Trinajstić information content (AvgIpc) is 3.86. The van der Waals surface area contributed by atoms with E-state index in [9.17, 15) is 0 Å². The number of rotatable bonds is 9. The van der Waals surface area contributed by atoms with Gasteiger partial charge in [-0.05, 0) is 77.9 Å². The zero-order valence-corrected chi connectivity index (χ0v) is 33.6. The maximum atomic E-state index is 5.08. The number of aliphatic imine (C=N–C) groups is 1. The van der Waals surface area contributed by atoms with E-state index in [-0.39, 0.29) is 0 Å². The first kappa shape index (κ1) is 36.5. The van der Waals surface area contributed by atoms with Crippen LogP contribution in [0.2, 0.25) is 0 Å². The van der Waals surface area contributed by atoms with Crippen molar-refractivity contribution in [2.75, 3.05) is 0 Å². The van der Waals surface area contributed by atoms with Crippen LogP contribution >= 0.6 is 0 Å². The summed E-state index contributed by atoms with van der Waals surface area (Å²) < 4.78 is 4.81. The fourth-order valence-corrected chi connectivity index (χ4v) is 8.75. The van der Waals surface area contributed by atoms with Crippen LogP contribution in [0, 0.1) is 0 Å². The average molecular weight is 796 g/mol. The third kappa shape index (κ3) is 6.11. The molecule has 11 aromatic rings. The molecule has 0 aliphatic heterocycles. The predicted octanol–water partition coefficient (Wildman–Crippen LogP) is 13.2. The van der Waals surface area contributed by atoms with Gasteiger partial charge in [0.2, 0.25) is 0 Å². The van der Waals surface area contributed by atoms with Gasteiger partial charge in [0, 0.05) is 56.3 Å². The minimum atomic E-state index is 0.374. The van der Waals surface area contributed by atoms with Gasteiger partial charge < -0.3 is 9.13 Å². The highest BCUT2D eigenvalue weighted by molar-refractivity contribution is 6.13. The lowest BCUT2D eigenvalue weighted by molar-refractivity contribution is 1.03. The molecule has 0 amide bonds. The summed E-state index contributed by atoms with van der Waals surface area (Å²) >= 11 is 0. The molecule has 0 aliphatic carbocycles. The maximum absolute atomic E-state index is 5.08. The second-order valence-electron chi connectivity index (χ2n) is 15.0. The van der Waals surface area contributed by atoms with Gasteiger partial charge in [-0.1, -0.05) is 134 Å². The van der Waals surface area contributed by atoms with Crippen LogP contribution in [-0.4, -0.2) is 34.8 Å². The molecule has 0 bridgehead atoms. The summed E-state index contributed by atoms with van der Waals surface area (Å²) in [4.78, 5) is 24.0. The van der Waals surface area contributed by atoms with Gasteiger partial charge in [0.25, 0.3) is 0 Å². The zero-order valence-electron chi connectivity index (χ0n) is 33.6. The molecule has 0 aliphatic rings. The number of benzene rings is 7. The summed E-state index contributed by atoms with van der Waals surface area (Å²) in [6, 6.07) is 64.1. The Morgan fingerprint density at radius 1 is 0.468 bits per heavy atom. The van der Waals surface area contributed by atoms with Crippen LogP contribution in [0.3, 0.4) is 0 Å². The largest absolute Gasteiger partial charge is 0.309 e. The number of allylic oxidation sites excluding steroid dienone is 1. The van der Waals surface area contributed by atoms with Gasteiger partial charge in [-0.15, -0.1) is 0 Å². The van der Waals surface area contributed by atoms with Gasteiger partial charge in [0.15, 0.2) is 17.5 Å². The molecule has 0 N–H and O–H groups in total. The molecule has 4 aromatic heterocycles. The molecule has 0 unspecified atom stereocenters. The second-order valence-corrected chi connectivity index (χ2v) is 15.0. The minimum Gasteiger partial charge on any atom is -0.309 e. The summed E-state index contributed by atoms with van der Waals surface area (Å²) in [5, 5.41) is 4.78. The van der Waals surface area contributed by atoms with E-state index in [2.05, 4.69) is 196 Å². The molecule has 0 atom stereocenters. The molecule has 7 aromatic carbocycles. The quantitative estimate of drug-likeness (QED) is 0.136. The number of hydrogen-bond donors (Lipinski definition) is 0. The number of nitrogens with zero attached hydrogens (tertiary/aromatic N) is 7. The smallest absolute Gasteiger partial charge is 0.182 e. The Balaban J connectivity index is 1.22. The maximum Gasteiger partial charge on any atom is 0.182 e. The van der Waals surface area contributed by atoms with Crippen molar-refractivity contribution in [2.24, 2.45) is 4.99 Å². The monoisotopic (exact) mass is 795 g/mol. The van der Waals surface area contributed by atoms with E-state index in [1.165, 1.54) is 28.0 Å². The molecule has 0 radical (unpaired) electrons. The Morgan fingerprint density at radius 2 is 1.00 bits per heavy atom. The highest BCUT2D eigenvalue weighted by atomic mass is 15.1. The summed E-state index contributed by atoms with van der Waals surface area (Å²) in [6.07, 6.45) is 4.83. The van der Waals surface area contributed by atoms with Crippen molar-refractivity contribution in [1.29, 1.82) is 0 Å². The molecule has 292 valence electrons. The van der Waals surface area contributed by atoms with Crippen LogP contribution in [0.1, 0.15) is 5.82 Å². The first-order chi connectivity index (χ1) is 30.7. The first-order valence-electron chi connectivity index (χ1n) is 20.5. The van der Waals surface area contributed by atoms with Gasteiger partial charge in [-0.2, -0.15) is 0 Å². The number of fused-ring (bicyclic) bond motifs is 6. The molecular formula is C55H37N7. The molecule has 0 saturated heterocycles. The van der Waals surface area contributed by atoms with Crippen LogP contribution < -0.4 is 0 Å². The highest BCUT2D eigenvalue weighted by Crippen LogP contribution is 2.44. The van der Waals surface area contributed by atoms with Crippen molar-refractivity contribution >= 4 is 49.3 Å². The molecule has 0 fully saturated rings. The molecule has 0 spiro atoms. The van der Waals surface area contributed by atoms with Crippen molar-refractivity contribution in [3.63, 3.8) is 0 Å². The van der Waals surface area contributed by atoms with Crippen molar-refractivity contribution in [3.05, 3.63) is 219 Å². The number of hydrogen-bond acceptors (Lipinski definition) is 5. The van der Waals surface area contributed by atoms with Crippen LogP contribution in [0.5, 0.6) is 0 Å². The normalized spacial score (nSPS) is 11.8. The molecule has 7 heteroatoms. The van der Waals surface area contributed by atoms with Crippen LogP contribution in [0.4, 0.5) is 0 Å². The molecule has 11 rings (SSSR count). The topological polar surface area (TPSA) is 73.8 Å². The molecule has 7 nitrogen and oxygen atoms in total. The van der Waals surface area contributed by atoms with Gasteiger partial charge >= 0.3 is 0 Å². The van der Waals surface area contributed by atoms with E-state index >= 15 is 0 Å². The fraction of sp³-hybridized carbons (Fsp3) is 0. The van der Waals surface area contributed by atoms with E-state index in [0.717, 1.165) is 61.0 Å². The Morgan fingerprint density at radius 3 is 1.58 bits per heavy atom. The Hall–Kier alpha value is -8.55. The summed E-state index contributed by atoms with van der Waals surface area (Å²) in [5.74, 6) is 1.28. The van der Waals surface area contributed by atoms with Crippen molar-refractivity contribution in [2.45, 2.75) is 0 Å². The highest BCUT2D eigenvalue weighted by Gasteiger charge is 2.24. The lowest BCUT2D eigenvalue weighted by Crippen LogP contribution is -2.09. The molecular weight excluding hydrogens is 759 g/mol. The van der Waals surface area contributed by atoms with Crippen LogP contribution in [-0.2, 0) is 0 Å². The van der Waals surface area contributed by atoms with Gasteiger partial charge in [-0.25, -0.2) is 15.0 Å². The third-order valence-electron chi connectivity index (χ3n) is 11.4. The Kier molecular flexibility index (Phi) is 8.98. The number of para-hydroxylation sites is 3. The summed E-state index contributed by atoms with van der Waals surface area (Å²) in [6.45, 7) is 7.83. The number of pyridine rings is 1. The molecule has 0 saturated carbocycles. The van der Waals surface area contributed by atoms with Crippen LogP contribution in [0.15, 0.2) is 219 Å². The minimum absolute atomic E-state index is 0.374. The van der Waals surface area contributed by atoms with Gasteiger partial charge in [0.05, 0.1) is 27.8 Å². The zero-order chi connectivity index (χ0) is 41.6. The van der Waals surface area contributed by atoms with Crippen molar-refractivity contribution in [1.82, 2.24) is 29.1 Å². The SMILES string of the molecule is C=CN=C(C=C)c1nc(-c2cc(-c3ccccc3)c(-n3c4ccccc4c4cc(-n5c6ccccc6c6ccccc65)ccc43)c(-c3ccccc3)c2)nc(-c2ccccn2)n1. The van der Waals surface area contributed by atoms with Gasteiger partial charge in [0.1, 0.15) is 11.4 Å². The lowest BCUT2D eigenvalue weighted by Gasteiger charge is -2.21. The van der Waals surface area contributed by atoms with E-state index in [4.69, 9.17) is 15.0 Å². The second kappa shape index (κ2) is 15.2. The Labute approximate surface area is 358 Å². The standard InChI is InChI=1S/C55H37N7/c1-3-46(56-4-2)54-58-53(59-55(60-54)47-26-17-18-32-57-47)38-33-43(36-19-7-5-8-20-36)52(44(34-38)37-21-9-6-10-22-37)62-50-29-16-13-25-42(50)45-35-39(30-31-51(45)62)61-48-27-14-11-23-40(48)41-24-12-15-28-49(41)61/h3-35H,1-2H2. The Bertz CT molecular complexity index is 3430. The van der Waals surface area contributed by atoms with Crippen molar-refractivity contribution < 1.29 is 0 Å². The first-order valence-corrected chi connectivity index (χ1v) is 20.5. The van der Waals surface area contributed by atoms with Gasteiger partial charge in [-0.3, -0.25) is 9.98 Å². The number of aromatic nitrogens is 6.